The maximum absolute atomic E-state index is 5.06. The highest BCUT2D eigenvalue weighted by Gasteiger charge is 2.23. The Hall–Kier alpha value is -6.59. The Balaban J connectivity index is 1.35. The average Bonchev–Trinajstić information content (AvgIpc) is 3.71. The van der Waals surface area contributed by atoms with Crippen molar-refractivity contribution >= 4 is 38.8 Å². The molecule has 0 N–H and O–H groups in total. The Morgan fingerprint density at radius 1 is 0.490 bits per heavy atom. The van der Waals surface area contributed by atoms with E-state index in [0.717, 1.165) is 34.5 Å². The lowest BCUT2D eigenvalue weighted by Gasteiger charge is -2.14. The van der Waals surface area contributed by atoms with E-state index in [1.807, 2.05) is 60.7 Å². The minimum absolute atomic E-state index is 0.632. The quantitative estimate of drug-likeness (QED) is 0.171. The fraction of sp³-hybridized carbons (Fsp3) is 0.0652. The summed E-state index contributed by atoms with van der Waals surface area (Å²) in [5.41, 5.74) is 11.1. The molecule has 0 radical (unpaired) electrons. The van der Waals surface area contributed by atoms with Gasteiger partial charge in [-0.3, -0.25) is 0 Å². The molecule has 5 nitrogen and oxygen atoms in total. The molecular weight excluding hydrogens is 623 g/mol. The fourth-order valence-electron chi connectivity index (χ4n) is 7.44. The first-order valence-corrected chi connectivity index (χ1v) is 17.5. The van der Waals surface area contributed by atoms with Crippen LogP contribution >= 0.6 is 0 Å². The van der Waals surface area contributed by atoms with Gasteiger partial charge in [0.05, 0.1) is 16.6 Å². The molecule has 0 aliphatic heterocycles. The van der Waals surface area contributed by atoms with Gasteiger partial charge >= 0.3 is 0 Å². The van der Waals surface area contributed by atoms with E-state index in [-0.39, 0.29) is 0 Å². The van der Waals surface area contributed by atoms with Crippen LogP contribution in [0.4, 0.5) is 0 Å². The highest BCUT2D eigenvalue weighted by molar-refractivity contribution is 6.19. The lowest BCUT2D eigenvalue weighted by molar-refractivity contribution is 1.05. The number of fused-ring (bicyclic) bond motifs is 5. The van der Waals surface area contributed by atoms with Crippen LogP contribution in [0.3, 0.4) is 0 Å². The maximum Gasteiger partial charge on any atom is 0.164 e. The van der Waals surface area contributed by atoms with E-state index in [1.165, 1.54) is 44.0 Å². The van der Waals surface area contributed by atoms with Gasteiger partial charge in [-0.15, -0.1) is 0 Å². The molecule has 0 bridgehead atoms. The maximum atomic E-state index is 5.06. The van der Waals surface area contributed by atoms with Gasteiger partial charge in [0.1, 0.15) is 0 Å². The molecule has 9 aromatic rings. The van der Waals surface area contributed by atoms with Crippen LogP contribution in [0, 0.1) is 0 Å². The molecule has 0 fully saturated rings. The smallest absolute Gasteiger partial charge is 0.164 e. The zero-order valence-corrected chi connectivity index (χ0v) is 28.5. The number of nitrogens with zero attached hydrogens (tertiary/aromatic N) is 5. The predicted octanol–water partition coefficient (Wildman–Crippen LogP) is 11.5. The third kappa shape index (κ3) is 5.13. The van der Waals surface area contributed by atoms with Crippen molar-refractivity contribution in [1.82, 2.24) is 24.1 Å². The van der Waals surface area contributed by atoms with Crippen molar-refractivity contribution in [3.63, 3.8) is 0 Å². The molecule has 9 rings (SSSR count). The van der Waals surface area contributed by atoms with Crippen LogP contribution in [0.2, 0.25) is 0 Å². The molecule has 0 spiro atoms. The highest BCUT2D eigenvalue weighted by Crippen LogP contribution is 2.41. The summed E-state index contributed by atoms with van der Waals surface area (Å²) in [6.07, 6.45) is 5.28. The van der Waals surface area contributed by atoms with Crippen LogP contribution in [-0.4, -0.2) is 24.1 Å². The van der Waals surface area contributed by atoms with Gasteiger partial charge in [0.15, 0.2) is 17.5 Å². The van der Waals surface area contributed by atoms with Crippen molar-refractivity contribution in [2.75, 3.05) is 0 Å². The van der Waals surface area contributed by atoms with E-state index in [4.69, 9.17) is 15.0 Å². The first-order chi connectivity index (χ1) is 25.2. The molecule has 3 heterocycles. The predicted molar refractivity (Wildman–Crippen MR) is 211 cm³/mol. The van der Waals surface area contributed by atoms with Crippen molar-refractivity contribution in [2.45, 2.75) is 20.3 Å². The van der Waals surface area contributed by atoms with Gasteiger partial charge in [-0.05, 0) is 55.3 Å². The Morgan fingerprint density at radius 2 is 1.02 bits per heavy atom. The molecule has 0 saturated heterocycles. The summed E-state index contributed by atoms with van der Waals surface area (Å²) in [5, 5.41) is 3.71. The molecule has 0 unspecified atom stereocenters. The van der Waals surface area contributed by atoms with Gasteiger partial charge in [0, 0.05) is 49.9 Å². The normalized spacial score (nSPS) is 11.7. The van der Waals surface area contributed by atoms with Crippen LogP contribution in [0.1, 0.15) is 25.1 Å². The first-order valence-electron chi connectivity index (χ1n) is 17.5. The molecule has 0 amide bonds. The Labute approximate surface area is 296 Å². The van der Waals surface area contributed by atoms with Crippen LogP contribution in [-0.2, 0) is 6.42 Å². The molecule has 6 aromatic carbocycles. The summed E-state index contributed by atoms with van der Waals surface area (Å²) in [6.45, 7) is 4.34. The average molecular weight is 658 g/mol. The number of aromatic nitrogens is 5. The Bertz CT molecular complexity index is 2660. The standard InChI is InChI=1S/C46H35N5/c1-3-17-40-36(4-2)38-28-29-39-37-26-14-15-27-41(37)50(34-23-12-7-13-24-34)43(39)42(38)51(40)35-25-16-22-33(30-35)46-48-44(31-18-8-5-9-19-31)47-45(49-46)32-20-10-6-11-21-32/h3,5-30H,4H2,1-2H3/b17-3-. The summed E-state index contributed by atoms with van der Waals surface area (Å²) >= 11 is 0. The highest BCUT2D eigenvalue weighted by atomic mass is 15.1. The van der Waals surface area contributed by atoms with Crippen molar-refractivity contribution in [3.05, 3.63) is 169 Å². The number of aryl methyl sites for hydroxylation is 1. The minimum atomic E-state index is 0.632. The second-order valence-electron chi connectivity index (χ2n) is 12.7. The summed E-state index contributed by atoms with van der Waals surface area (Å²) in [5.74, 6) is 1.93. The second-order valence-corrected chi connectivity index (χ2v) is 12.7. The van der Waals surface area contributed by atoms with E-state index >= 15 is 0 Å². The van der Waals surface area contributed by atoms with Gasteiger partial charge < -0.3 is 9.13 Å². The van der Waals surface area contributed by atoms with E-state index in [1.54, 1.807) is 0 Å². The molecule has 244 valence electrons. The summed E-state index contributed by atoms with van der Waals surface area (Å²) in [4.78, 5) is 15.0. The monoisotopic (exact) mass is 657 g/mol. The summed E-state index contributed by atoms with van der Waals surface area (Å²) in [6, 6.07) is 52.9. The largest absolute Gasteiger partial charge is 0.308 e. The van der Waals surface area contributed by atoms with Gasteiger partial charge in [-0.2, -0.15) is 0 Å². The number of hydrogen-bond donors (Lipinski definition) is 0. The number of rotatable bonds is 7. The van der Waals surface area contributed by atoms with Crippen molar-refractivity contribution in [2.24, 2.45) is 0 Å². The number of para-hydroxylation sites is 2. The molecular formula is C46H35N5. The van der Waals surface area contributed by atoms with Crippen molar-refractivity contribution in [3.8, 4) is 45.5 Å². The van der Waals surface area contributed by atoms with Gasteiger partial charge in [0.25, 0.3) is 0 Å². The SMILES string of the molecule is C/C=C\c1c(CC)c2ccc3c4ccccc4n(-c4ccccc4)c3c2n1-c1cccc(-c2nc(-c3ccccc3)nc(-c3ccccc3)n2)c1. The number of benzene rings is 6. The van der Waals surface area contributed by atoms with Gasteiger partial charge in [0.2, 0.25) is 0 Å². The van der Waals surface area contributed by atoms with Crippen LogP contribution in [0.15, 0.2) is 158 Å². The van der Waals surface area contributed by atoms with Crippen LogP contribution in [0.25, 0.3) is 84.3 Å². The second kappa shape index (κ2) is 12.7. The molecule has 0 atom stereocenters. The fourth-order valence-corrected chi connectivity index (χ4v) is 7.44. The molecule has 0 aliphatic carbocycles. The number of allylic oxidation sites excluding steroid dienone is 1. The molecule has 5 heteroatoms. The lowest BCUT2D eigenvalue weighted by atomic mass is 10.1. The van der Waals surface area contributed by atoms with Crippen LogP contribution < -0.4 is 0 Å². The zero-order valence-electron chi connectivity index (χ0n) is 28.5. The van der Waals surface area contributed by atoms with Gasteiger partial charge in [-0.25, -0.2) is 15.0 Å². The molecule has 0 aliphatic rings. The van der Waals surface area contributed by atoms with E-state index < -0.39 is 0 Å². The van der Waals surface area contributed by atoms with E-state index in [0.29, 0.717) is 17.5 Å². The van der Waals surface area contributed by atoms with Gasteiger partial charge in [-0.1, -0.05) is 134 Å². The lowest BCUT2D eigenvalue weighted by Crippen LogP contribution is -2.02. The Kier molecular flexibility index (Phi) is 7.59. The topological polar surface area (TPSA) is 48.5 Å². The third-order valence-electron chi connectivity index (χ3n) is 9.66. The zero-order chi connectivity index (χ0) is 34.3. The van der Waals surface area contributed by atoms with Crippen LogP contribution in [0.5, 0.6) is 0 Å². The van der Waals surface area contributed by atoms with E-state index in [2.05, 4.69) is 126 Å². The van der Waals surface area contributed by atoms with E-state index in [9.17, 15) is 0 Å². The third-order valence-corrected chi connectivity index (χ3v) is 9.66. The Morgan fingerprint density at radius 3 is 1.67 bits per heavy atom. The summed E-state index contributed by atoms with van der Waals surface area (Å²) in [7, 11) is 0. The first kappa shape index (κ1) is 30.5. The van der Waals surface area contributed by atoms with Crippen molar-refractivity contribution < 1.29 is 0 Å². The molecule has 0 saturated carbocycles. The minimum Gasteiger partial charge on any atom is -0.308 e. The molecule has 51 heavy (non-hydrogen) atoms. The summed E-state index contributed by atoms with van der Waals surface area (Å²) < 4.78 is 4.87. The van der Waals surface area contributed by atoms with Crippen molar-refractivity contribution in [1.29, 1.82) is 0 Å². The number of hydrogen-bond acceptors (Lipinski definition) is 3. The molecule has 3 aromatic heterocycles.